The quantitative estimate of drug-likeness (QED) is 0.508. The molecule has 0 bridgehead atoms. The molecule has 0 saturated carbocycles. The number of methoxy groups -OCH3 is 1. The van der Waals surface area contributed by atoms with Crippen molar-refractivity contribution in [3.8, 4) is 11.5 Å². The summed E-state index contributed by atoms with van der Waals surface area (Å²) >= 11 is 0. The minimum atomic E-state index is -0.853. The lowest BCUT2D eigenvalue weighted by Gasteiger charge is -2.16. The molecule has 0 aliphatic rings. The fourth-order valence-electron chi connectivity index (χ4n) is 2.60. The Bertz CT molecular complexity index is 739. The van der Waals surface area contributed by atoms with Crippen molar-refractivity contribution in [3.63, 3.8) is 0 Å². The van der Waals surface area contributed by atoms with Crippen LogP contribution in [0.5, 0.6) is 11.5 Å². The zero-order valence-electron chi connectivity index (χ0n) is 15.4. The number of ketones is 1. The first-order chi connectivity index (χ1) is 12.5. The Balaban J connectivity index is 2.17. The highest BCUT2D eigenvalue weighted by molar-refractivity contribution is 5.98. The molecule has 0 aliphatic heterocycles. The first kappa shape index (κ1) is 19.5. The summed E-state index contributed by atoms with van der Waals surface area (Å²) in [6, 6.07) is 15.2. The first-order valence-corrected chi connectivity index (χ1v) is 8.55. The summed E-state index contributed by atoms with van der Waals surface area (Å²) in [5.74, 6) is -0.351. The summed E-state index contributed by atoms with van der Waals surface area (Å²) in [5.41, 5.74) is 1.78. The molecule has 1 atom stereocenters. The maximum Gasteiger partial charge on any atom is 0.316 e. The van der Waals surface area contributed by atoms with E-state index < -0.39 is 11.9 Å². The lowest BCUT2D eigenvalue weighted by atomic mass is 9.95. The molecule has 1 unspecified atom stereocenters. The zero-order valence-corrected chi connectivity index (χ0v) is 15.4. The molecule has 138 valence electrons. The molecule has 0 N–H and O–H groups in total. The van der Waals surface area contributed by atoms with Crippen LogP contribution < -0.4 is 9.47 Å². The summed E-state index contributed by atoms with van der Waals surface area (Å²) in [6.07, 6.45) is 0.208. The van der Waals surface area contributed by atoms with Gasteiger partial charge in [-0.2, -0.15) is 0 Å². The molecule has 2 aromatic rings. The molecular formula is C21H24O5. The highest BCUT2D eigenvalue weighted by Gasteiger charge is 2.26. The molecule has 0 aliphatic carbocycles. The van der Waals surface area contributed by atoms with Crippen LogP contribution in [-0.2, 0) is 27.4 Å². The van der Waals surface area contributed by atoms with Crippen molar-refractivity contribution >= 4 is 11.8 Å². The van der Waals surface area contributed by atoms with Crippen LogP contribution in [0.1, 0.15) is 25.0 Å². The van der Waals surface area contributed by atoms with Gasteiger partial charge < -0.3 is 14.2 Å². The number of Topliss-reactive ketones (excluding diaryl/α,β-unsaturated/α-hetero) is 1. The van der Waals surface area contributed by atoms with Crippen LogP contribution in [0.4, 0.5) is 0 Å². The summed E-state index contributed by atoms with van der Waals surface area (Å²) < 4.78 is 16.2. The minimum absolute atomic E-state index is 0.208. The van der Waals surface area contributed by atoms with Gasteiger partial charge >= 0.3 is 5.97 Å². The van der Waals surface area contributed by atoms with Gasteiger partial charge in [0.05, 0.1) is 13.7 Å². The van der Waals surface area contributed by atoms with Crippen molar-refractivity contribution in [1.82, 2.24) is 0 Å². The molecule has 5 heteroatoms. The molecule has 0 aromatic heterocycles. The number of benzene rings is 2. The summed E-state index contributed by atoms with van der Waals surface area (Å²) in [6.45, 7) is 3.78. The van der Waals surface area contributed by atoms with E-state index in [1.165, 1.54) is 6.92 Å². The molecule has 0 radical (unpaired) electrons. The number of carbonyl (C=O) groups excluding carboxylic acids is 2. The van der Waals surface area contributed by atoms with E-state index in [2.05, 4.69) is 0 Å². The Morgan fingerprint density at radius 1 is 1.08 bits per heavy atom. The minimum Gasteiger partial charge on any atom is -0.496 e. The van der Waals surface area contributed by atoms with Gasteiger partial charge in [-0.1, -0.05) is 30.3 Å². The van der Waals surface area contributed by atoms with Crippen molar-refractivity contribution in [1.29, 1.82) is 0 Å². The first-order valence-electron chi connectivity index (χ1n) is 8.55. The van der Waals surface area contributed by atoms with E-state index in [9.17, 15) is 9.59 Å². The average Bonchev–Trinajstić information content (AvgIpc) is 2.65. The molecule has 0 saturated heterocycles. The van der Waals surface area contributed by atoms with Gasteiger partial charge in [0, 0.05) is 0 Å². The van der Waals surface area contributed by atoms with E-state index in [4.69, 9.17) is 14.2 Å². The number of carbonyl (C=O) groups is 2. The van der Waals surface area contributed by atoms with Gasteiger partial charge in [-0.3, -0.25) is 9.59 Å². The lowest BCUT2D eigenvalue weighted by Crippen LogP contribution is -2.26. The van der Waals surface area contributed by atoms with Crippen LogP contribution in [-0.4, -0.2) is 25.5 Å². The molecule has 0 spiro atoms. The van der Waals surface area contributed by atoms with Crippen molar-refractivity contribution in [2.75, 3.05) is 13.7 Å². The second-order valence-corrected chi connectivity index (χ2v) is 5.87. The molecule has 2 aromatic carbocycles. The van der Waals surface area contributed by atoms with E-state index >= 15 is 0 Å². The van der Waals surface area contributed by atoms with Crippen LogP contribution in [0.2, 0.25) is 0 Å². The van der Waals surface area contributed by atoms with Crippen molar-refractivity contribution in [2.45, 2.75) is 26.9 Å². The monoisotopic (exact) mass is 356 g/mol. The fraction of sp³-hybridized carbons (Fsp3) is 0.333. The van der Waals surface area contributed by atoms with Gasteiger partial charge in [-0.15, -0.1) is 0 Å². The number of hydrogen-bond acceptors (Lipinski definition) is 5. The van der Waals surface area contributed by atoms with E-state index in [-0.39, 0.29) is 18.8 Å². The van der Waals surface area contributed by atoms with E-state index in [1.807, 2.05) is 30.3 Å². The SMILES string of the molecule is CCOC(=O)C(Cc1cc(OCc2ccccc2)ccc1OC)C(C)=O. The number of ether oxygens (including phenoxy) is 3. The topological polar surface area (TPSA) is 61.8 Å². The van der Waals surface area contributed by atoms with Gasteiger partial charge in [0.15, 0.2) is 0 Å². The highest BCUT2D eigenvalue weighted by Crippen LogP contribution is 2.27. The van der Waals surface area contributed by atoms with Gasteiger partial charge in [0.2, 0.25) is 0 Å². The van der Waals surface area contributed by atoms with Gasteiger partial charge in [0.1, 0.15) is 29.8 Å². The number of hydrogen-bond donors (Lipinski definition) is 0. The van der Waals surface area contributed by atoms with Crippen LogP contribution in [0, 0.1) is 5.92 Å². The van der Waals surface area contributed by atoms with Gasteiger partial charge in [-0.05, 0) is 49.6 Å². The van der Waals surface area contributed by atoms with Crippen LogP contribution in [0.3, 0.4) is 0 Å². The normalized spacial score (nSPS) is 11.5. The van der Waals surface area contributed by atoms with Crippen LogP contribution in [0.25, 0.3) is 0 Å². The molecule has 0 heterocycles. The summed E-state index contributed by atoms with van der Waals surface area (Å²) in [5, 5.41) is 0. The second-order valence-electron chi connectivity index (χ2n) is 5.87. The van der Waals surface area contributed by atoms with Crippen LogP contribution >= 0.6 is 0 Å². The zero-order chi connectivity index (χ0) is 18.9. The standard InChI is InChI=1S/C21H24O5/c1-4-25-21(23)19(15(2)22)13-17-12-18(10-11-20(17)24-3)26-14-16-8-6-5-7-9-16/h5-12,19H,4,13-14H2,1-3H3. The molecular weight excluding hydrogens is 332 g/mol. The second kappa shape index (κ2) is 9.61. The van der Waals surface area contributed by atoms with Gasteiger partial charge in [-0.25, -0.2) is 0 Å². The number of esters is 1. The highest BCUT2D eigenvalue weighted by atomic mass is 16.5. The molecule has 5 nitrogen and oxygen atoms in total. The average molecular weight is 356 g/mol. The van der Waals surface area contributed by atoms with E-state index in [1.54, 1.807) is 32.2 Å². The van der Waals surface area contributed by atoms with Gasteiger partial charge in [0.25, 0.3) is 0 Å². The maximum absolute atomic E-state index is 12.1. The fourth-order valence-corrected chi connectivity index (χ4v) is 2.60. The molecule has 2 rings (SSSR count). The Labute approximate surface area is 153 Å². The summed E-state index contributed by atoms with van der Waals surface area (Å²) in [7, 11) is 1.55. The van der Waals surface area contributed by atoms with Crippen molar-refractivity contribution < 1.29 is 23.8 Å². The third-order valence-corrected chi connectivity index (χ3v) is 3.99. The predicted molar refractivity (Wildman–Crippen MR) is 98.3 cm³/mol. The van der Waals surface area contributed by atoms with E-state index in [0.29, 0.717) is 18.1 Å². The molecule has 0 amide bonds. The Hall–Kier alpha value is -2.82. The van der Waals surface area contributed by atoms with Crippen LogP contribution in [0.15, 0.2) is 48.5 Å². The lowest BCUT2D eigenvalue weighted by molar-refractivity contribution is -0.151. The van der Waals surface area contributed by atoms with Crippen molar-refractivity contribution in [3.05, 3.63) is 59.7 Å². The Morgan fingerprint density at radius 3 is 2.42 bits per heavy atom. The molecule has 26 heavy (non-hydrogen) atoms. The van der Waals surface area contributed by atoms with Crippen molar-refractivity contribution in [2.24, 2.45) is 5.92 Å². The Kier molecular flexibility index (Phi) is 7.21. The predicted octanol–water partition coefficient (Wildman–Crippen LogP) is 3.59. The molecule has 0 fully saturated rings. The third kappa shape index (κ3) is 5.34. The van der Waals surface area contributed by atoms with E-state index in [0.717, 1.165) is 11.1 Å². The smallest absolute Gasteiger partial charge is 0.316 e. The maximum atomic E-state index is 12.1. The summed E-state index contributed by atoms with van der Waals surface area (Å²) in [4.78, 5) is 24.0. The third-order valence-electron chi connectivity index (χ3n) is 3.99. The number of rotatable bonds is 9. The largest absolute Gasteiger partial charge is 0.496 e. The Morgan fingerprint density at radius 2 is 1.81 bits per heavy atom.